The first-order chi connectivity index (χ1) is 6.74. The maximum Gasteiger partial charge on any atom is 0.0834 e. The highest BCUT2D eigenvalue weighted by atomic mass is 35.5. The summed E-state index contributed by atoms with van der Waals surface area (Å²) in [5.41, 5.74) is 3.84. The van der Waals surface area contributed by atoms with E-state index in [9.17, 15) is 0 Å². The van der Waals surface area contributed by atoms with Crippen molar-refractivity contribution in [3.05, 3.63) is 16.9 Å². The van der Waals surface area contributed by atoms with Crippen LogP contribution in [0.5, 0.6) is 0 Å². The summed E-state index contributed by atoms with van der Waals surface area (Å²) in [6, 6.07) is 0.142. The smallest absolute Gasteiger partial charge is 0.0834 e. The fourth-order valence-electron chi connectivity index (χ4n) is 1.98. The van der Waals surface area contributed by atoms with Gasteiger partial charge >= 0.3 is 0 Å². The van der Waals surface area contributed by atoms with Crippen LogP contribution in [-0.4, -0.2) is 9.78 Å². The number of hydrazine groups is 1. The maximum absolute atomic E-state index is 6.06. The van der Waals surface area contributed by atoms with Crippen molar-refractivity contribution < 1.29 is 0 Å². The molecule has 78 valence electrons. The minimum absolute atomic E-state index is 0.142. The Morgan fingerprint density at radius 1 is 1.71 bits per heavy atom. The van der Waals surface area contributed by atoms with E-state index >= 15 is 0 Å². The lowest BCUT2D eigenvalue weighted by molar-refractivity contribution is 0.224. The standard InChI is InChI=1S/C9H15ClN4/c1-14-9(7(10)5-12-14)8(13-11)6-3-2-4-6/h5-6,8,13H,2-4,11H2,1H3. The topological polar surface area (TPSA) is 55.9 Å². The summed E-state index contributed by atoms with van der Waals surface area (Å²) in [6.07, 6.45) is 5.39. The zero-order valence-corrected chi connectivity index (χ0v) is 8.96. The molecular formula is C9H15ClN4. The summed E-state index contributed by atoms with van der Waals surface area (Å²) in [5, 5.41) is 4.81. The molecule has 1 aliphatic rings. The number of halogens is 1. The van der Waals surface area contributed by atoms with Crippen LogP contribution < -0.4 is 11.3 Å². The van der Waals surface area contributed by atoms with Gasteiger partial charge in [0.1, 0.15) is 0 Å². The monoisotopic (exact) mass is 214 g/mol. The SMILES string of the molecule is Cn1ncc(Cl)c1C(NN)C1CCC1. The van der Waals surface area contributed by atoms with Crippen LogP contribution in [0.3, 0.4) is 0 Å². The van der Waals surface area contributed by atoms with E-state index in [0.29, 0.717) is 10.9 Å². The molecule has 0 radical (unpaired) electrons. The third kappa shape index (κ3) is 1.54. The van der Waals surface area contributed by atoms with Gasteiger partial charge in [0.05, 0.1) is 23.0 Å². The summed E-state index contributed by atoms with van der Waals surface area (Å²) in [6.45, 7) is 0. The molecule has 1 atom stereocenters. The Labute approximate surface area is 88.4 Å². The number of nitrogens with two attached hydrogens (primary N) is 1. The molecule has 1 aromatic heterocycles. The van der Waals surface area contributed by atoms with Crippen LogP contribution in [0.2, 0.25) is 5.02 Å². The second-order valence-corrected chi connectivity index (χ2v) is 4.24. The average Bonchev–Trinajstić information content (AvgIpc) is 2.40. The molecule has 0 bridgehead atoms. The summed E-state index contributed by atoms with van der Waals surface area (Å²) < 4.78 is 1.80. The van der Waals surface area contributed by atoms with Gasteiger partial charge in [-0.15, -0.1) is 0 Å². The van der Waals surface area contributed by atoms with Gasteiger partial charge in [-0.3, -0.25) is 16.0 Å². The summed E-state index contributed by atoms with van der Waals surface area (Å²) in [7, 11) is 1.89. The van der Waals surface area contributed by atoms with Crippen LogP contribution in [0.25, 0.3) is 0 Å². The third-order valence-corrected chi connectivity index (χ3v) is 3.32. The lowest BCUT2D eigenvalue weighted by Gasteiger charge is -2.33. The molecule has 1 aromatic rings. The second kappa shape index (κ2) is 3.88. The van der Waals surface area contributed by atoms with Gasteiger partial charge in [0.2, 0.25) is 0 Å². The molecule has 0 aromatic carbocycles. The Hall–Kier alpha value is -0.580. The molecule has 0 amide bonds. The summed E-state index contributed by atoms with van der Waals surface area (Å²) in [4.78, 5) is 0. The lowest BCUT2D eigenvalue weighted by Crippen LogP contribution is -2.37. The van der Waals surface area contributed by atoms with Crippen LogP contribution >= 0.6 is 11.6 Å². The summed E-state index contributed by atoms with van der Waals surface area (Å²) in [5.74, 6) is 6.17. The van der Waals surface area contributed by atoms with Gasteiger partial charge in [-0.25, -0.2) is 0 Å². The predicted molar refractivity (Wildman–Crippen MR) is 55.6 cm³/mol. The number of nitrogens with zero attached hydrogens (tertiary/aromatic N) is 2. The number of aryl methyl sites for hydroxylation is 1. The molecule has 0 saturated heterocycles. The van der Waals surface area contributed by atoms with Crippen LogP contribution in [0.1, 0.15) is 31.0 Å². The highest BCUT2D eigenvalue weighted by Gasteiger charge is 2.31. The third-order valence-electron chi connectivity index (χ3n) is 3.03. The number of hydrogen-bond acceptors (Lipinski definition) is 3. The van der Waals surface area contributed by atoms with Crippen molar-refractivity contribution in [2.75, 3.05) is 0 Å². The zero-order valence-electron chi connectivity index (χ0n) is 8.20. The molecule has 1 heterocycles. The molecular weight excluding hydrogens is 200 g/mol. The van der Waals surface area contributed by atoms with E-state index < -0.39 is 0 Å². The van der Waals surface area contributed by atoms with Gasteiger partial charge < -0.3 is 0 Å². The molecule has 0 spiro atoms. The lowest BCUT2D eigenvalue weighted by atomic mass is 9.79. The Bertz CT molecular complexity index is 299. The van der Waals surface area contributed by atoms with Crippen molar-refractivity contribution in [2.24, 2.45) is 18.8 Å². The Balaban J connectivity index is 2.25. The fourth-order valence-corrected chi connectivity index (χ4v) is 2.26. The quantitative estimate of drug-likeness (QED) is 0.591. The van der Waals surface area contributed by atoms with Crippen LogP contribution in [-0.2, 0) is 7.05 Å². The van der Waals surface area contributed by atoms with Crippen molar-refractivity contribution in [3.8, 4) is 0 Å². The number of nitrogens with one attached hydrogen (secondary N) is 1. The van der Waals surface area contributed by atoms with Crippen LogP contribution in [0.15, 0.2) is 6.20 Å². The molecule has 3 N–H and O–H groups in total. The highest BCUT2D eigenvalue weighted by molar-refractivity contribution is 6.31. The Morgan fingerprint density at radius 2 is 2.43 bits per heavy atom. The van der Waals surface area contributed by atoms with Crippen LogP contribution in [0, 0.1) is 5.92 Å². The minimum Gasteiger partial charge on any atom is -0.271 e. The highest BCUT2D eigenvalue weighted by Crippen LogP contribution is 2.38. The van der Waals surface area contributed by atoms with Gasteiger partial charge in [-0.2, -0.15) is 5.10 Å². The molecule has 4 nitrogen and oxygen atoms in total. The Morgan fingerprint density at radius 3 is 2.79 bits per heavy atom. The van der Waals surface area contributed by atoms with Gasteiger partial charge in [0.15, 0.2) is 0 Å². The first-order valence-electron chi connectivity index (χ1n) is 4.87. The number of hydrogen-bond donors (Lipinski definition) is 2. The average molecular weight is 215 g/mol. The predicted octanol–water partition coefficient (Wildman–Crippen LogP) is 1.38. The van der Waals surface area contributed by atoms with E-state index in [2.05, 4.69) is 10.5 Å². The normalized spacial score (nSPS) is 19.4. The number of rotatable bonds is 3. The molecule has 1 saturated carbocycles. The van der Waals surface area contributed by atoms with Crippen molar-refractivity contribution in [2.45, 2.75) is 25.3 Å². The molecule has 5 heteroatoms. The van der Waals surface area contributed by atoms with Gasteiger partial charge in [-0.1, -0.05) is 18.0 Å². The van der Waals surface area contributed by atoms with E-state index in [1.54, 1.807) is 10.9 Å². The van der Waals surface area contributed by atoms with Crippen molar-refractivity contribution in [1.82, 2.24) is 15.2 Å². The fraction of sp³-hybridized carbons (Fsp3) is 0.667. The largest absolute Gasteiger partial charge is 0.271 e. The minimum atomic E-state index is 0.142. The van der Waals surface area contributed by atoms with E-state index in [4.69, 9.17) is 17.4 Å². The second-order valence-electron chi connectivity index (χ2n) is 3.84. The van der Waals surface area contributed by atoms with Gasteiger partial charge in [0.25, 0.3) is 0 Å². The molecule has 0 aliphatic heterocycles. The molecule has 1 aliphatic carbocycles. The zero-order chi connectivity index (χ0) is 10.1. The van der Waals surface area contributed by atoms with Crippen LogP contribution in [0.4, 0.5) is 0 Å². The summed E-state index contributed by atoms with van der Waals surface area (Å²) >= 11 is 6.06. The van der Waals surface area contributed by atoms with E-state index in [1.807, 2.05) is 7.05 Å². The molecule has 1 unspecified atom stereocenters. The first-order valence-corrected chi connectivity index (χ1v) is 5.25. The van der Waals surface area contributed by atoms with E-state index in [-0.39, 0.29) is 6.04 Å². The van der Waals surface area contributed by atoms with Crippen molar-refractivity contribution >= 4 is 11.6 Å². The van der Waals surface area contributed by atoms with E-state index in [1.165, 1.54) is 19.3 Å². The van der Waals surface area contributed by atoms with Crippen molar-refractivity contribution in [1.29, 1.82) is 0 Å². The van der Waals surface area contributed by atoms with Gasteiger partial charge in [-0.05, 0) is 18.8 Å². The number of aromatic nitrogens is 2. The molecule has 1 fully saturated rings. The molecule has 14 heavy (non-hydrogen) atoms. The first kappa shape index (κ1) is 9.96. The van der Waals surface area contributed by atoms with Crippen molar-refractivity contribution in [3.63, 3.8) is 0 Å². The Kier molecular flexibility index (Phi) is 2.76. The molecule has 2 rings (SSSR count). The van der Waals surface area contributed by atoms with E-state index in [0.717, 1.165) is 5.69 Å². The maximum atomic E-state index is 6.06. The van der Waals surface area contributed by atoms with Gasteiger partial charge in [0, 0.05) is 7.05 Å².